The summed E-state index contributed by atoms with van der Waals surface area (Å²) in [4.78, 5) is 10.7. The van der Waals surface area contributed by atoms with E-state index in [4.69, 9.17) is 5.11 Å². The van der Waals surface area contributed by atoms with Gasteiger partial charge in [0.25, 0.3) is 0 Å². The van der Waals surface area contributed by atoms with Crippen molar-refractivity contribution in [3.8, 4) is 0 Å². The maximum absolute atomic E-state index is 10.7. The maximum Gasteiger partial charge on any atom is 0.305 e. The van der Waals surface area contributed by atoms with E-state index in [9.17, 15) is 4.79 Å². The summed E-state index contributed by atoms with van der Waals surface area (Å²) in [5.74, 6) is 0.00889. The van der Waals surface area contributed by atoms with Crippen LogP contribution in [-0.4, -0.2) is 36.2 Å². The minimum absolute atomic E-state index is 0.178. The second kappa shape index (κ2) is 5.47. The Hall–Kier alpha value is -0.610. The quantitative estimate of drug-likeness (QED) is 0.549. The first-order chi connectivity index (χ1) is 7.04. The Morgan fingerprint density at radius 2 is 2.20 bits per heavy atom. The number of carbonyl (C=O) groups is 1. The summed E-state index contributed by atoms with van der Waals surface area (Å²) in [6.45, 7) is 6.89. The molecule has 0 aromatic heterocycles. The zero-order valence-electron chi connectivity index (χ0n) is 9.68. The van der Waals surface area contributed by atoms with Crippen LogP contribution in [0, 0.1) is 5.92 Å². The van der Waals surface area contributed by atoms with Gasteiger partial charge in [-0.25, -0.2) is 0 Å². The molecule has 1 saturated heterocycles. The average Bonchev–Trinajstić information content (AvgIpc) is 2.06. The van der Waals surface area contributed by atoms with Crippen LogP contribution in [-0.2, 0) is 4.79 Å². The fourth-order valence-electron chi connectivity index (χ4n) is 1.89. The van der Waals surface area contributed by atoms with Crippen LogP contribution in [0.2, 0.25) is 0 Å². The van der Waals surface area contributed by atoms with Crippen molar-refractivity contribution < 1.29 is 9.90 Å². The van der Waals surface area contributed by atoms with Gasteiger partial charge >= 0.3 is 5.97 Å². The van der Waals surface area contributed by atoms with Crippen LogP contribution in [0.5, 0.6) is 0 Å². The van der Waals surface area contributed by atoms with Crippen LogP contribution in [0.15, 0.2) is 0 Å². The van der Waals surface area contributed by atoms with Crippen molar-refractivity contribution in [3.63, 3.8) is 0 Å². The third-order valence-electron chi connectivity index (χ3n) is 2.87. The van der Waals surface area contributed by atoms with Crippen LogP contribution >= 0.6 is 0 Å². The van der Waals surface area contributed by atoms with Gasteiger partial charge in [0.05, 0.1) is 12.0 Å². The van der Waals surface area contributed by atoms with E-state index < -0.39 is 5.97 Å². The Balaban J connectivity index is 2.19. The lowest BCUT2D eigenvalue weighted by Gasteiger charge is -2.42. The van der Waals surface area contributed by atoms with Crippen molar-refractivity contribution in [2.75, 3.05) is 19.6 Å². The molecule has 0 aliphatic carbocycles. The smallest absolute Gasteiger partial charge is 0.305 e. The molecule has 0 amide bonds. The summed E-state index contributed by atoms with van der Waals surface area (Å²) in [5.41, 5.74) is -0.178. The number of aliphatic carboxylic acids is 1. The van der Waals surface area contributed by atoms with Gasteiger partial charge in [0.15, 0.2) is 0 Å². The molecule has 15 heavy (non-hydrogen) atoms. The standard InChI is InChI=1S/C11H22N2O2/c1-9(2)4-3-5-13-11(6-10(14)15)7-12-8-11/h9,12-13H,3-8H2,1-2H3,(H,14,15). The minimum atomic E-state index is -0.715. The molecule has 88 valence electrons. The number of hydrogen-bond donors (Lipinski definition) is 3. The molecule has 4 heteroatoms. The molecule has 1 rings (SSSR count). The summed E-state index contributed by atoms with van der Waals surface area (Å²) in [5, 5.41) is 15.3. The zero-order valence-corrected chi connectivity index (χ0v) is 9.68. The number of carboxylic acids is 1. The van der Waals surface area contributed by atoms with Gasteiger partial charge in [0, 0.05) is 13.1 Å². The molecular weight excluding hydrogens is 192 g/mol. The molecule has 0 aromatic rings. The van der Waals surface area contributed by atoms with Crippen molar-refractivity contribution in [3.05, 3.63) is 0 Å². The molecule has 0 spiro atoms. The molecule has 0 bridgehead atoms. The van der Waals surface area contributed by atoms with Gasteiger partial charge in [-0.1, -0.05) is 13.8 Å². The Morgan fingerprint density at radius 3 is 2.60 bits per heavy atom. The molecule has 1 aliphatic heterocycles. The molecule has 0 saturated carbocycles. The highest BCUT2D eigenvalue weighted by molar-refractivity contribution is 5.68. The second-order valence-electron chi connectivity index (χ2n) is 4.92. The third-order valence-corrected chi connectivity index (χ3v) is 2.87. The lowest BCUT2D eigenvalue weighted by atomic mass is 9.88. The van der Waals surface area contributed by atoms with E-state index in [1.165, 1.54) is 6.42 Å². The molecular formula is C11H22N2O2. The van der Waals surface area contributed by atoms with Gasteiger partial charge < -0.3 is 15.7 Å². The molecule has 4 nitrogen and oxygen atoms in total. The summed E-state index contributed by atoms with van der Waals surface area (Å²) in [6, 6.07) is 0. The molecule has 0 unspecified atom stereocenters. The van der Waals surface area contributed by atoms with Crippen molar-refractivity contribution >= 4 is 5.97 Å². The monoisotopic (exact) mass is 214 g/mol. The van der Waals surface area contributed by atoms with Crippen molar-refractivity contribution in [1.29, 1.82) is 0 Å². The van der Waals surface area contributed by atoms with Crippen LogP contribution in [0.25, 0.3) is 0 Å². The predicted molar refractivity (Wildman–Crippen MR) is 59.9 cm³/mol. The van der Waals surface area contributed by atoms with Crippen LogP contribution in [0.4, 0.5) is 0 Å². The molecule has 1 heterocycles. The highest BCUT2D eigenvalue weighted by Gasteiger charge is 2.38. The molecule has 0 atom stereocenters. The lowest BCUT2D eigenvalue weighted by Crippen LogP contribution is -2.68. The predicted octanol–water partition coefficient (Wildman–Crippen LogP) is 0.829. The van der Waals surface area contributed by atoms with E-state index >= 15 is 0 Å². The number of carboxylic acid groups (broad SMARTS) is 1. The van der Waals surface area contributed by atoms with Crippen molar-refractivity contribution in [2.45, 2.75) is 38.6 Å². The molecule has 1 aliphatic rings. The first-order valence-corrected chi connectivity index (χ1v) is 5.72. The van der Waals surface area contributed by atoms with Crippen LogP contribution in [0.3, 0.4) is 0 Å². The van der Waals surface area contributed by atoms with Gasteiger partial charge in [0.2, 0.25) is 0 Å². The van der Waals surface area contributed by atoms with Gasteiger partial charge in [-0.2, -0.15) is 0 Å². The highest BCUT2D eigenvalue weighted by atomic mass is 16.4. The normalized spacial score (nSPS) is 18.9. The lowest BCUT2D eigenvalue weighted by molar-refractivity contribution is -0.139. The van der Waals surface area contributed by atoms with Crippen LogP contribution < -0.4 is 10.6 Å². The van der Waals surface area contributed by atoms with E-state index in [1.54, 1.807) is 0 Å². The van der Waals surface area contributed by atoms with E-state index in [0.29, 0.717) is 0 Å². The summed E-state index contributed by atoms with van der Waals surface area (Å²) in [6.07, 6.45) is 2.55. The Morgan fingerprint density at radius 1 is 1.53 bits per heavy atom. The summed E-state index contributed by atoms with van der Waals surface area (Å²) in [7, 11) is 0. The molecule has 3 N–H and O–H groups in total. The average molecular weight is 214 g/mol. The number of nitrogens with one attached hydrogen (secondary N) is 2. The van der Waals surface area contributed by atoms with E-state index in [0.717, 1.165) is 32.0 Å². The van der Waals surface area contributed by atoms with Crippen molar-refractivity contribution in [1.82, 2.24) is 10.6 Å². The highest BCUT2D eigenvalue weighted by Crippen LogP contribution is 2.16. The van der Waals surface area contributed by atoms with E-state index in [1.807, 2.05) is 0 Å². The molecule has 0 radical (unpaired) electrons. The fourth-order valence-corrected chi connectivity index (χ4v) is 1.89. The summed E-state index contributed by atoms with van der Waals surface area (Å²) < 4.78 is 0. The van der Waals surface area contributed by atoms with Gasteiger partial charge in [-0.3, -0.25) is 4.79 Å². The first-order valence-electron chi connectivity index (χ1n) is 5.72. The molecule has 0 aromatic carbocycles. The number of rotatable bonds is 7. The topological polar surface area (TPSA) is 61.4 Å². The van der Waals surface area contributed by atoms with Gasteiger partial charge in [0.1, 0.15) is 0 Å². The van der Waals surface area contributed by atoms with Crippen LogP contribution in [0.1, 0.15) is 33.1 Å². The maximum atomic E-state index is 10.7. The fraction of sp³-hybridized carbons (Fsp3) is 0.909. The molecule has 1 fully saturated rings. The largest absolute Gasteiger partial charge is 0.481 e. The zero-order chi connectivity index (χ0) is 11.3. The Labute approximate surface area is 91.4 Å². The first kappa shape index (κ1) is 12.5. The van der Waals surface area contributed by atoms with Gasteiger partial charge in [-0.15, -0.1) is 0 Å². The second-order valence-corrected chi connectivity index (χ2v) is 4.92. The van der Waals surface area contributed by atoms with E-state index in [-0.39, 0.29) is 12.0 Å². The minimum Gasteiger partial charge on any atom is -0.481 e. The van der Waals surface area contributed by atoms with Gasteiger partial charge in [-0.05, 0) is 25.3 Å². The summed E-state index contributed by atoms with van der Waals surface area (Å²) >= 11 is 0. The Kier molecular flexibility index (Phi) is 4.54. The Bertz CT molecular complexity index is 213. The third kappa shape index (κ3) is 4.18. The number of hydrogen-bond acceptors (Lipinski definition) is 3. The van der Waals surface area contributed by atoms with Crippen molar-refractivity contribution in [2.24, 2.45) is 5.92 Å². The van der Waals surface area contributed by atoms with E-state index in [2.05, 4.69) is 24.5 Å². The SMILES string of the molecule is CC(C)CCCNC1(CC(=O)O)CNC1.